The molecule has 0 unspecified atom stereocenters. The number of hydrogen-bond donors (Lipinski definition) is 2. The molecular weight excluding hydrogens is 350 g/mol. The third-order valence-electron chi connectivity index (χ3n) is 5.43. The number of carbonyl (C=O) groups excluding carboxylic acids is 1. The molecule has 2 N–H and O–H groups in total. The Morgan fingerprint density at radius 2 is 2.19 bits per heavy atom. The molecule has 0 bridgehead atoms. The molecule has 2 heterocycles. The van der Waals surface area contributed by atoms with Gasteiger partial charge in [0.2, 0.25) is 0 Å². The van der Waals surface area contributed by atoms with Crippen molar-refractivity contribution in [3.8, 4) is 5.75 Å². The predicted octanol–water partition coefficient (Wildman–Crippen LogP) is 4.12. The number of benzene rings is 1. The quantitative estimate of drug-likeness (QED) is 0.731. The number of amides is 2. The van der Waals surface area contributed by atoms with Gasteiger partial charge < -0.3 is 20.3 Å². The Bertz CT molecular complexity index is 611. The van der Waals surface area contributed by atoms with Crippen LogP contribution in [0.4, 0.5) is 4.79 Å². The second-order valence-corrected chi connectivity index (χ2v) is 7.74. The lowest BCUT2D eigenvalue weighted by molar-refractivity contribution is 0.158. The van der Waals surface area contributed by atoms with Gasteiger partial charge in [-0.2, -0.15) is 0 Å². The van der Waals surface area contributed by atoms with Gasteiger partial charge in [-0.1, -0.05) is 30.2 Å². The molecule has 0 aromatic heterocycles. The number of likely N-dealkylation sites (tertiary alicyclic amines) is 1. The summed E-state index contributed by atoms with van der Waals surface area (Å²) in [6, 6.07) is 6.21. The molecule has 0 radical (unpaired) electrons. The third-order valence-corrected chi connectivity index (χ3v) is 5.73. The van der Waals surface area contributed by atoms with Crippen LogP contribution in [0.15, 0.2) is 18.2 Å². The van der Waals surface area contributed by atoms with Gasteiger partial charge in [0.25, 0.3) is 0 Å². The first-order chi connectivity index (χ1) is 12.6. The van der Waals surface area contributed by atoms with Crippen LogP contribution >= 0.6 is 11.6 Å². The fourth-order valence-corrected chi connectivity index (χ4v) is 4.11. The van der Waals surface area contributed by atoms with E-state index in [1.165, 1.54) is 25.8 Å². The zero-order valence-corrected chi connectivity index (χ0v) is 16.4. The molecule has 5 nitrogen and oxygen atoms in total. The highest BCUT2D eigenvalue weighted by Crippen LogP contribution is 2.37. The van der Waals surface area contributed by atoms with Gasteiger partial charge in [0.05, 0.1) is 17.7 Å². The first kappa shape index (κ1) is 19.3. The van der Waals surface area contributed by atoms with E-state index in [2.05, 4.69) is 22.5 Å². The number of para-hydroxylation sites is 1. The molecule has 6 heteroatoms. The monoisotopic (exact) mass is 379 g/mol. The fraction of sp³-hybridized carbons (Fsp3) is 0.650. The molecule has 0 spiro atoms. The van der Waals surface area contributed by atoms with E-state index in [9.17, 15) is 4.79 Å². The van der Waals surface area contributed by atoms with E-state index in [-0.39, 0.29) is 12.1 Å². The first-order valence-corrected chi connectivity index (χ1v) is 10.2. The van der Waals surface area contributed by atoms with E-state index in [1.807, 2.05) is 18.2 Å². The number of urea groups is 1. The molecule has 1 saturated heterocycles. The van der Waals surface area contributed by atoms with Crippen molar-refractivity contribution in [2.45, 2.75) is 57.5 Å². The van der Waals surface area contributed by atoms with Gasteiger partial charge in [-0.3, -0.25) is 0 Å². The summed E-state index contributed by atoms with van der Waals surface area (Å²) in [4.78, 5) is 14.8. The SMILES string of the molecule is C[C@@H]1CCCCN1CCCCNC(=O)N[C@H]1CCOc2c(Cl)cccc21. The van der Waals surface area contributed by atoms with Crippen LogP contribution in [0.1, 0.15) is 57.1 Å². The number of hydrogen-bond acceptors (Lipinski definition) is 3. The summed E-state index contributed by atoms with van der Waals surface area (Å²) < 4.78 is 5.64. The fourth-order valence-electron chi connectivity index (χ4n) is 3.88. The smallest absolute Gasteiger partial charge is 0.315 e. The molecule has 1 aromatic rings. The maximum absolute atomic E-state index is 12.2. The van der Waals surface area contributed by atoms with Crippen molar-refractivity contribution in [2.24, 2.45) is 0 Å². The van der Waals surface area contributed by atoms with Gasteiger partial charge >= 0.3 is 6.03 Å². The number of rotatable bonds is 6. The Labute approximate surface area is 161 Å². The summed E-state index contributed by atoms with van der Waals surface area (Å²) in [5, 5.41) is 6.63. The van der Waals surface area contributed by atoms with Gasteiger partial charge in [0.1, 0.15) is 5.75 Å². The van der Waals surface area contributed by atoms with Crippen molar-refractivity contribution in [3.05, 3.63) is 28.8 Å². The number of ether oxygens (including phenoxy) is 1. The zero-order valence-electron chi connectivity index (χ0n) is 15.6. The van der Waals surface area contributed by atoms with Gasteiger partial charge in [-0.25, -0.2) is 4.79 Å². The van der Waals surface area contributed by atoms with Crippen LogP contribution in [0.5, 0.6) is 5.75 Å². The highest BCUT2D eigenvalue weighted by molar-refractivity contribution is 6.32. The van der Waals surface area contributed by atoms with E-state index < -0.39 is 0 Å². The minimum atomic E-state index is -0.117. The highest BCUT2D eigenvalue weighted by Gasteiger charge is 2.24. The number of unbranched alkanes of at least 4 members (excludes halogenated alkanes) is 1. The summed E-state index contributed by atoms with van der Waals surface area (Å²) in [6.45, 7) is 5.95. The molecular formula is C20H30ClN3O2. The van der Waals surface area contributed by atoms with Crippen molar-refractivity contribution < 1.29 is 9.53 Å². The summed E-state index contributed by atoms with van der Waals surface area (Å²) in [5.74, 6) is 0.696. The van der Waals surface area contributed by atoms with Crippen molar-refractivity contribution in [1.82, 2.24) is 15.5 Å². The number of fused-ring (bicyclic) bond motifs is 1. The van der Waals surface area contributed by atoms with Crippen LogP contribution in [0.3, 0.4) is 0 Å². The molecule has 0 aliphatic carbocycles. The average Bonchev–Trinajstić information content (AvgIpc) is 2.64. The molecule has 26 heavy (non-hydrogen) atoms. The summed E-state index contributed by atoms with van der Waals surface area (Å²) in [6.07, 6.45) is 6.89. The summed E-state index contributed by atoms with van der Waals surface area (Å²) in [7, 11) is 0. The van der Waals surface area contributed by atoms with Crippen LogP contribution in [0.2, 0.25) is 5.02 Å². The number of halogens is 1. The Hall–Kier alpha value is -1.46. The van der Waals surface area contributed by atoms with Crippen LogP contribution in [0.25, 0.3) is 0 Å². The molecule has 144 valence electrons. The van der Waals surface area contributed by atoms with Gasteiger partial charge in [-0.15, -0.1) is 0 Å². The van der Waals surface area contributed by atoms with Gasteiger partial charge in [-0.05, 0) is 51.8 Å². The number of nitrogens with zero attached hydrogens (tertiary/aromatic N) is 1. The van der Waals surface area contributed by atoms with Crippen LogP contribution in [-0.4, -0.2) is 43.2 Å². The van der Waals surface area contributed by atoms with Crippen molar-refractivity contribution in [1.29, 1.82) is 0 Å². The van der Waals surface area contributed by atoms with E-state index in [0.717, 1.165) is 31.4 Å². The second kappa shape index (κ2) is 9.47. The zero-order chi connectivity index (χ0) is 18.4. The molecule has 2 aliphatic heterocycles. The molecule has 2 atom stereocenters. The Morgan fingerprint density at radius 3 is 3.04 bits per heavy atom. The molecule has 0 saturated carbocycles. The number of piperidine rings is 1. The van der Waals surface area contributed by atoms with E-state index >= 15 is 0 Å². The molecule has 1 fully saturated rings. The highest BCUT2D eigenvalue weighted by atomic mass is 35.5. The van der Waals surface area contributed by atoms with Crippen molar-refractivity contribution in [3.63, 3.8) is 0 Å². The minimum Gasteiger partial charge on any atom is -0.492 e. The lowest BCUT2D eigenvalue weighted by atomic mass is 10.0. The largest absolute Gasteiger partial charge is 0.492 e. The summed E-state index contributed by atoms with van der Waals surface area (Å²) in [5.41, 5.74) is 0.956. The number of carbonyl (C=O) groups is 1. The molecule has 2 amide bonds. The van der Waals surface area contributed by atoms with Crippen LogP contribution in [-0.2, 0) is 0 Å². The molecule has 2 aliphatic rings. The Kier molecular flexibility index (Phi) is 7.03. The lowest BCUT2D eigenvalue weighted by Crippen LogP contribution is -2.40. The Balaban J connectivity index is 1.37. The van der Waals surface area contributed by atoms with Crippen LogP contribution in [0, 0.1) is 0 Å². The van der Waals surface area contributed by atoms with Crippen LogP contribution < -0.4 is 15.4 Å². The lowest BCUT2D eigenvalue weighted by Gasteiger charge is -2.33. The molecule has 1 aromatic carbocycles. The standard InChI is InChI=1S/C20H30ClN3O2/c1-15-7-2-4-12-24(15)13-5-3-11-22-20(25)23-18-10-14-26-19-16(18)8-6-9-17(19)21/h6,8-9,15,18H,2-5,7,10-14H2,1H3,(H2,22,23,25)/t15-,18+/m1/s1. The number of nitrogens with one attached hydrogen (secondary N) is 2. The maximum Gasteiger partial charge on any atom is 0.315 e. The third kappa shape index (κ3) is 5.04. The Morgan fingerprint density at radius 1 is 1.31 bits per heavy atom. The average molecular weight is 380 g/mol. The van der Waals surface area contributed by atoms with E-state index in [4.69, 9.17) is 16.3 Å². The van der Waals surface area contributed by atoms with E-state index in [1.54, 1.807) is 0 Å². The van der Waals surface area contributed by atoms with Crippen molar-refractivity contribution in [2.75, 3.05) is 26.2 Å². The van der Waals surface area contributed by atoms with E-state index in [0.29, 0.717) is 30.0 Å². The summed E-state index contributed by atoms with van der Waals surface area (Å²) >= 11 is 6.18. The van der Waals surface area contributed by atoms with Gasteiger partial charge in [0, 0.05) is 24.6 Å². The van der Waals surface area contributed by atoms with Crippen molar-refractivity contribution >= 4 is 17.6 Å². The predicted molar refractivity (Wildman–Crippen MR) is 105 cm³/mol. The van der Waals surface area contributed by atoms with Gasteiger partial charge in [0.15, 0.2) is 0 Å². The molecule has 3 rings (SSSR count). The minimum absolute atomic E-state index is 0.0494. The normalized spacial score (nSPS) is 23.0. The topological polar surface area (TPSA) is 53.6 Å². The first-order valence-electron chi connectivity index (χ1n) is 9.85. The second-order valence-electron chi connectivity index (χ2n) is 7.34. The maximum atomic E-state index is 12.2.